The molecule has 1 fully saturated rings. The van der Waals surface area contributed by atoms with Crippen molar-refractivity contribution >= 4 is 11.9 Å². The number of aliphatic hydroxyl groups is 1. The van der Waals surface area contributed by atoms with Gasteiger partial charge in [0, 0.05) is 18.1 Å². The smallest absolute Gasteiger partial charge is 0.386 e. The van der Waals surface area contributed by atoms with Crippen LogP contribution < -0.4 is 9.73 Å². The van der Waals surface area contributed by atoms with Gasteiger partial charge in [0.15, 0.2) is 0 Å². The van der Waals surface area contributed by atoms with Crippen LogP contribution in [0.1, 0.15) is 51.0 Å². The van der Waals surface area contributed by atoms with E-state index in [1.807, 2.05) is 45.0 Å². The van der Waals surface area contributed by atoms with E-state index in [0.717, 1.165) is 42.7 Å². The minimum Gasteiger partial charge on any atom is -0.497 e. The lowest BCUT2D eigenvalue weighted by Crippen LogP contribution is -2.83. The highest BCUT2D eigenvalue weighted by Gasteiger charge is 2.31. The number of nitrogens with zero attached hydrogens (tertiary/aromatic N) is 1. The number of rotatable bonds is 9. The zero-order valence-electron chi connectivity index (χ0n) is 20.8. The number of ether oxygens (including phenoxy) is 2. The van der Waals surface area contributed by atoms with Crippen molar-refractivity contribution in [2.75, 3.05) is 13.7 Å². The molecule has 35 heavy (non-hydrogen) atoms. The van der Waals surface area contributed by atoms with Crippen LogP contribution in [0, 0.1) is 36.5 Å². The number of hydrogen-bond donors (Lipinski definition) is 3. The zero-order valence-corrected chi connectivity index (χ0v) is 20.8. The quantitative estimate of drug-likeness (QED) is 0.285. The minimum absolute atomic E-state index is 0.00423. The number of hydrogen-bond acceptors (Lipinski definition) is 5. The number of carboxylic acids is 1. The number of carboxylic acid groups (broad SMARTS) is 1. The van der Waals surface area contributed by atoms with Gasteiger partial charge in [-0.15, -0.1) is 0 Å². The zero-order chi connectivity index (χ0) is 25.4. The number of methoxy groups -OCH3 is 1. The molecule has 0 bridgehead atoms. The van der Waals surface area contributed by atoms with Crippen LogP contribution in [0.2, 0.25) is 0 Å². The molecule has 8 nitrogen and oxygen atoms in total. The largest absolute Gasteiger partial charge is 0.497 e. The molecule has 0 saturated heterocycles. The molecular formula is C27H35N2O6+. The molecule has 0 radical (unpaired) electrons. The van der Waals surface area contributed by atoms with Crippen molar-refractivity contribution in [3.05, 3.63) is 35.7 Å². The third-order valence-electron chi connectivity index (χ3n) is 6.03. The van der Waals surface area contributed by atoms with Gasteiger partial charge in [0.2, 0.25) is 5.89 Å². The molecule has 0 aliphatic heterocycles. The monoisotopic (exact) mass is 483 g/mol. The number of carbonyl (C=O) groups is 1. The molecule has 1 aliphatic carbocycles. The second kappa shape index (κ2) is 12.4. The molecule has 188 valence electrons. The van der Waals surface area contributed by atoms with E-state index in [1.54, 1.807) is 7.11 Å². The number of aromatic nitrogens is 1. The maximum absolute atomic E-state index is 11.5. The highest BCUT2D eigenvalue weighted by molar-refractivity contribution is 5.78. The van der Waals surface area contributed by atoms with Gasteiger partial charge in [-0.3, -0.25) is 0 Å². The molecule has 2 unspecified atom stereocenters. The van der Waals surface area contributed by atoms with E-state index in [4.69, 9.17) is 13.9 Å². The summed E-state index contributed by atoms with van der Waals surface area (Å²) < 4.78 is 17.1. The highest BCUT2D eigenvalue weighted by Crippen LogP contribution is 2.30. The summed E-state index contributed by atoms with van der Waals surface area (Å²) in [7, 11) is 1.62. The Labute approximate surface area is 206 Å². The van der Waals surface area contributed by atoms with Crippen molar-refractivity contribution in [2.24, 2.45) is 17.8 Å². The van der Waals surface area contributed by atoms with Gasteiger partial charge in [0.25, 0.3) is 0 Å². The maximum Gasteiger partial charge on any atom is 0.386 e. The van der Waals surface area contributed by atoms with Crippen molar-refractivity contribution in [2.45, 2.75) is 59.1 Å². The van der Waals surface area contributed by atoms with E-state index in [0.29, 0.717) is 24.9 Å². The Balaban J connectivity index is 1.56. The number of oxazole rings is 1. The molecule has 3 rings (SSSR count). The van der Waals surface area contributed by atoms with E-state index in [2.05, 4.69) is 21.8 Å². The maximum atomic E-state index is 11.5. The topological polar surface area (TPSA) is 116 Å². The first-order chi connectivity index (χ1) is 16.8. The van der Waals surface area contributed by atoms with Crippen LogP contribution in [0.5, 0.6) is 5.75 Å². The van der Waals surface area contributed by atoms with E-state index in [-0.39, 0.29) is 23.7 Å². The summed E-state index contributed by atoms with van der Waals surface area (Å²) in [4.78, 5) is 18.8. The number of aryl methyl sites for hydroxylation is 1. The average Bonchev–Trinajstić information content (AvgIpc) is 3.22. The first-order valence-corrected chi connectivity index (χ1v) is 12.0. The van der Waals surface area contributed by atoms with E-state index in [1.165, 1.54) is 0 Å². The molecule has 3 N–H and O–H groups in total. The van der Waals surface area contributed by atoms with Gasteiger partial charge < -0.3 is 24.1 Å². The molecule has 0 spiro atoms. The molecule has 1 saturated carbocycles. The third-order valence-corrected chi connectivity index (χ3v) is 6.03. The molecule has 1 aromatic carbocycles. The van der Waals surface area contributed by atoms with Gasteiger partial charge in [-0.1, -0.05) is 32.3 Å². The van der Waals surface area contributed by atoms with Gasteiger partial charge in [0.1, 0.15) is 17.2 Å². The van der Waals surface area contributed by atoms with Crippen LogP contribution in [-0.4, -0.2) is 46.8 Å². The van der Waals surface area contributed by atoms with Crippen molar-refractivity contribution in [3.63, 3.8) is 0 Å². The number of nitrogens with one attached hydrogen (secondary N) is 1. The van der Waals surface area contributed by atoms with E-state index < -0.39 is 12.0 Å². The van der Waals surface area contributed by atoms with Gasteiger partial charge in [0.05, 0.1) is 19.6 Å². The summed E-state index contributed by atoms with van der Waals surface area (Å²) in [6.07, 6.45) is 3.44. The molecule has 0 amide bonds. The average molecular weight is 484 g/mol. The Kier molecular flexibility index (Phi) is 9.32. The van der Waals surface area contributed by atoms with Crippen LogP contribution in [0.25, 0.3) is 11.5 Å². The standard InChI is InChI=1S/C27H34N2O6/c1-17(2)11-12-23(27(31)32)28-25(30)20-8-5-7-19(13-20)15-34-16-24-18(3)35-26(29-24)21-9-6-10-22(14-21)33-4/h6,9-10,14,17,19-20,23H,5,7-8,13,15-16H2,1-4H3,(H,28,30)(H,31,32)/p+1/t19?,20?,23-/m0/s1. The van der Waals surface area contributed by atoms with Crippen molar-refractivity contribution < 1.29 is 33.9 Å². The van der Waals surface area contributed by atoms with Gasteiger partial charge >= 0.3 is 17.9 Å². The van der Waals surface area contributed by atoms with Crippen LogP contribution >= 0.6 is 0 Å². The second-order valence-electron chi connectivity index (χ2n) is 9.24. The summed E-state index contributed by atoms with van der Waals surface area (Å²) in [5.74, 6) is 6.59. The van der Waals surface area contributed by atoms with Crippen LogP contribution in [0.3, 0.4) is 0 Å². The fourth-order valence-electron chi connectivity index (χ4n) is 4.13. The Bertz CT molecular complexity index is 1090. The van der Waals surface area contributed by atoms with Gasteiger partial charge in [-0.2, -0.15) is 4.99 Å². The van der Waals surface area contributed by atoms with Crippen molar-refractivity contribution in [1.29, 1.82) is 0 Å². The minimum atomic E-state index is -1.12. The Morgan fingerprint density at radius 1 is 1.29 bits per heavy atom. The highest BCUT2D eigenvalue weighted by atomic mass is 16.5. The van der Waals surface area contributed by atoms with E-state index >= 15 is 0 Å². The number of benzene rings is 1. The number of aliphatic carboxylic acids is 1. The molecule has 1 aliphatic rings. The Morgan fingerprint density at radius 3 is 2.80 bits per heavy atom. The fraction of sp³-hybridized carbons (Fsp3) is 0.519. The first-order valence-electron chi connectivity index (χ1n) is 12.0. The van der Waals surface area contributed by atoms with Crippen LogP contribution in [0.15, 0.2) is 28.7 Å². The summed E-state index contributed by atoms with van der Waals surface area (Å²) in [5.41, 5.74) is 1.59. The summed E-state index contributed by atoms with van der Waals surface area (Å²) in [6.45, 7) is 6.51. The summed E-state index contributed by atoms with van der Waals surface area (Å²) >= 11 is 0. The van der Waals surface area contributed by atoms with Crippen molar-refractivity contribution in [3.8, 4) is 29.0 Å². The van der Waals surface area contributed by atoms with Crippen LogP contribution in [-0.2, 0) is 16.1 Å². The van der Waals surface area contributed by atoms with Gasteiger partial charge in [-0.25, -0.2) is 9.78 Å². The predicted octanol–water partition coefficient (Wildman–Crippen LogP) is 3.13. The number of aliphatic hydroxyl groups excluding tert-OH is 1. The van der Waals surface area contributed by atoms with Gasteiger partial charge in [-0.05, 0) is 56.2 Å². The predicted molar refractivity (Wildman–Crippen MR) is 131 cm³/mol. The molecule has 8 heteroatoms. The lowest BCUT2D eigenvalue weighted by molar-refractivity contribution is -0.486. The van der Waals surface area contributed by atoms with Crippen molar-refractivity contribution in [1.82, 2.24) is 4.98 Å². The summed E-state index contributed by atoms with van der Waals surface area (Å²) in [5, 5.41) is 20.0. The lowest BCUT2D eigenvalue weighted by Gasteiger charge is -2.26. The molecule has 1 heterocycles. The molecule has 1 aromatic heterocycles. The fourth-order valence-corrected chi connectivity index (χ4v) is 4.13. The van der Waals surface area contributed by atoms with E-state index in [9.17, 15) is 15.0 Å². The summed E-state index contributed by atoms with van der Waals surface area (Å²) in [6, 6.07) is 6.43. The normalized spacial score (nSPS) is 19.2. The Morgan fingerprint density at radius 2 is 2.09 bits per heavy atom. The third kappa shape index (κ3) is 7.59. The molecular weight excluding hydrogens is 448 g/mol. The SMILES string of the molecule is COc1cccc(-c2nc(COCC3CCCC(C(O)=[NH+][C@@H](C#CC(C)C)C(=O)O)C3)c(C)o2)c1. The Hall–Kier alpha value is -3.31. The second-order valence-corrected chi connectivity index (χ2v) is 9.24. The van der Waals surface area contributed by atoms with Crippen LogP contribution in [0.4, 0.5) is 0 Å². The first kappa shape index (κ1) is 26.3. The molecule has 2 aromatic rings. The lowest BCUT2D eigenvalue weighted by atomic mass is 9.81. The molecule has 3 atom stereocenters.